The van der Waals surface area contributed by atoms with E-state index >= 15 is 0 Å². The second-order valence-corrected chi connectivity index (χ2v) is 6.64. The first-order chi connectivity index (χ1) is 9.37. The summed E-state index contributed by atoms with van der Waals surface area (Å²) >= 11 is 3.51. The molecule has 0 atom stereocenters. The summed E-state index contributed by atoms with van der Waals surface area (Å²) in [6.45, 7) is 8.58. The third-order valence-electron chi connectivity index (χ3n) is 3.02. The van der Waals surface area contributed by atoms with Gasteiger partial charge in [0.1, 0.15) is 5.60 Å². The predicted octanol–water partition coefficient (Wildman–Crippen LogP) is 2.90. The van der Waals surface area contributed by atoms with Crippen LogP contribution >= 0.6 is 15.9 Å². The molecule has 1 saturated heterocycles. The molecule has 110 valence electrons. The van der Waals surface area contributed by atoms with Gasteiger partial charge in [-0.05, 0) is 42.8 Å². The molecule has 1 amide bonds. The maximum atomic E-state index is 12.0. The lowest BCUT2D eigenvalue weighted by Crippen LogP contribution is -2.50. The van der Waals surface area contributed by atoms with Crippen LogP contribution in [0.25, 0.3) is 0 Å². The lowest BCUT2D eigenvalue weighted by atomic mass is 10.2. The third kappa shape index (κ3) is 3.85. The van der Waals surface area contributed by atoms with Crippen molar-refractivity contribution in [2.75, 3.05) is 31.1 Å². The van der Waals surface area contributed by atoms with Gasteiger partial charge in [0.15, 0.2) is 0 Å². The number of pyridine rings is 1. The highest BCUT2D eigenvalue weighted by Crippen LogP contribution is 2.25. The molecule has 2 heterocycles. The fourth-order valence-corrected chi connectivity index (χ4v) is 2.58. The molecule has 1 aliphatic heterocycles. The van der Waals surface area contributed by atoms with E-state index in [-0.39, 0.29) is 6.09 Å². The number of hydrogen-bond donors (Lipinski definition) is 0. The van der Waals surface area contributed by atoms with Gasteiger partial charge in [-0.2, -0.15) is 0 Å². The zero-order valence-corrected chi connectivity index (χ0v) is 13.7. The van der Waals surface area contributed by atoms with Gasteiger partial charge in [-0.15, -0.1) is 0 Å². The van der Waals surface area contributed by atoms with Crippen molar-refractivity contribution >= 4 is 27.7 Å². The maximum Gasteiger partial charge on any atom is 0.410 e. The maximum absolute atomic E-state index is 12.0. The molecule has 2 rings (SSSR count). The summed E-state index contributed by atoms with van der Waals surface area (Å²) in [7, 11) is 0. The minimum Gasteiger partial charge on any atom is -0.444 e. The first kappa shape index (κ1) is 15.1. The standard InChI is InChI=1S/C14H20BrN3O2/c1-14(2,3)20-13(19)18-8-6-17(7-9-18)12-4-5-16-10-11(12)15/h4-5,10H,6-9H2,1-3H3. The van der Waals surface area contributed by atoms with E-state index in [1.165, 1.54) is 0 Å². The van der Waals surface area contributed by atoms with Crippen LogP contribution in [0.15, 0.2) is 22.9 Å². The smallest absolute Gasteiger partial charge is 0.410 e. The zero-order chi connectivity index (χ0) is 14.8. The topological polar surface area (TPSA) is 45.7 Å². The molecule has 0 aromatic carbocycles. The molecule has 0 radical (unpaired) electrons. The number of carbonyl (C=O) groups is 1. The van der Waals surface area contributed by atoms with Crippen LogP contribution in [-0.4, -0.2) is 47.8 Å². The van der Waals surface area contributed by atoms with E-state index in [9.17, 15) is 4.79 Å². The molecule has 0 bridgehead atoms. The quantitative estimate of drug-likeness (QED) is 0.787. The minimum absolute atomic E-state index is 0.231. The van der Waals surface area contributed by atoms with Crippen LogP contribution in [-0.2, 0) is 4.74 Å². The number of rotatable bonds is 1. The highest BCUT2D eigenvalue weighted by atomic mass is 79.9. The normalized spacial score (nSPS) is 16.2. The molecule has 6 heteroatoms. The number of nitrogens with zero attached hydrogens (tertiary/aromatic N) is 3. The summed E-state index contributed by atoms with van der Waals surface area (Å²) < 4.78 is 6.37. The Bertz CT molecular complexity index is 480. The van der Waals surface area contributed by atoms with Crippen LogP contribution in [0.5, 0.6) is 0 Å². The third-order valence-corrected chi connectivity index (χ3v) is 3.63. The first-order valence-electron chi connectivity index (χ1n) is 6.69. The summed E-state index contributed by atoms with van der Waals surface area (Å²) in [6, 6.07) is 1.98. The SMILES string of the molecule is CC(C)(C)OC(=O)N1CCN(c2ccncc2Br)CC1. The average molecular weight is 342 g/mol. The largest absolute Gasteiger partial charge is 0.444 e. The van der Waals surface area contributed by atoms with Gasteiger partial charge >= 0.3 is 6.09 Å². The zero-order valence-electron chi connectivity index (χ0n) is 12.1. The molecule has 0 N–H and O–H groups in total. The fourth-order valence-electron chi connectivity index (χ4n) is 2.08. The number of carbonyl (C=O) groups excluding carboxylic acids is 1. The highest BCUT2D eigenvalue weighted by molar-refractivity contribution is 9.10. The van der Waals surface area contributed by atoms with E-state index in [0.29, 0.717) is 13.1 Å². The van der Waals surface area contributed by atoms with Gasteiger partial charge < -0.3 is 14.5 Å². The Hall–Kier alpha value is -1.30. The molecule has 5 nitrogen and oxygen atoms in total. The Morgan fingerprint density at radius 3 is 2.50 bits per heavy atom. The summed E-state index contributed by atoms with van der Waals surface area (Å²) in [5.74, 6) is 0. The summed E-state index contributed by atoms with van der Waals surface area (Å²) in [5.41, 5.74) is 0.673. The molecule has 0 spiro atoms. The van der Waals surface area contributed by atoms with E-state index in [1.54, 1.807) is 17.3 Å². The minimum atomic E-state index is -0.442. The molecule has 0 aliphatic carbocycles. The molecule has 0 unspecified atom stereocenters. The van der Waals surface area contributed by atoms with Gasteiger partial charge in [0.25, 0.3) is 0 Å². The van der Waals surface area contributed by atoms with Crippen molar-refractivity contribution in [2.45, 2.75) is 26.4 Å². The second-order valence-electron chi connectivity index (χ2n) is 5.78. The van der Waals surface area contributed by atoms with E-state index in [4.69, 9.17) is 4.74 Å². The Morgan fingerprint density at radius 1 is 1.30 bits per heavy atom. The highest BCUT2D eigenvalue weighted by Gasteiger charge is 2.26. The first-order valence-corrected chi connectivity index (χ1v) is 7.48. The molecular formula is C14H20BrN3O2. The van der Waals surface area contributed by atoms with Gasteiger partial charge in [-0.25, -0.2) is 4.79 Å². The van der Waals surface area contributed by atoms with E-state index in [1.807, 2.05) is 26.8 Å². The van der Waals surface area contributed by atoms with Gasteiger partial charge in [0.2, 0.25) is 0 Å². The molecule has 0 saturated carbocycles. The fraction of sp³-hybridized carbons (Fsp3) is 0.571. The van der Waals surface area contributed by atoms with Crippen molar-refractivity contribution in [3.8, 4) is 0 Å². The lowest BCUT2D eigenvalue weighted by molar-refractivity contribution is 0.0240. The predicted molar refractivity (Wildman–Crippen MR) is 82.0 cm³/mol. The summed E-state index contributed by atoms with van der Waals surface area (Å²) in [5, 5.41) is 0. The van der Waals surface area contributed by atoms with Gasteiger partial charge in [0, 0.05) is 38.6 Å². The average Bonchev–Trinajstić information content (AvgIpc) is 2.37. The van der Waals surface area contributed by atoms with Crippen LogP contribution in [0.3, 0.4) is 0 Å². The summed E-state index contributed by atoms with van der Waals surface area (Å²) in [4.78, 5) is 20.1. The number of halogens is 1. The number of anilines is 1. The van der Waals surface area contributed by atoms with E-state index in [0.717, 1.165) is 23.2 Å². The van der Waals surface area contributed by atoms with Crippen molar-refractivity contribution in [3.63, 3.8) is 0 Å². The second kappa shape index (κ2) is 5.99. The molecule has 1 aliphatic rings. The van der Waals surface area contributed by atoms with Crippen LogP contribution in [0, 0.1) is 0 Å². The van der Waals surface area contributed by atoms with Crippen LogP contribution in [0.4, 0.5) is 10.5 Å². The van der Waals surface area contributed by atoms with Crippen molar-refractivity contribution < 1.29 is 9.53 Å². The van der Waals surface area contributed by atoms with Gasteiger partial charge in [-0.3, -0.25) is 4.98 Å². The molecule has 1 aromatic rings. The Kier molecular flexibility index (Phi) is 4.52. The molecule has 20 heavy (non-hydrogen) atoms. The number of aromatic nitrogens is 1. The molecule has 1 fully saturated rings. The van der Waals surface area contributed by atoms with E-state index in [2.05, 4.69) is 25.8 Å². The van der Waals surface area contributed by atoms with Gasteiger partial charge in [0.05, 0.1) is 10.2 Å². The van der Waals surface area contributed by atoms with Crippen molar-refractivity contribution in [3.05, 3.63) is 22.9 Å². The van der Waals surface area contributed by atoms with Crippen LogP contribution in [0.1, 0.15) is 20.8 Å². The summed E-state index contributed by atoms with van der Waals surface area (Å²) in [6.07, 6.45) is 3.33. The monoisotopic (exact) mass is 341 g/mol. The van der Waals surface area contributed by atoms with Gasteiger partial charge in [-0.1, -0.05) is 0 Å². The Labute approximate surface area is 128 Å². The van der Waals surface area contributed by atoms with E-state index < -0.39 is 5.60 Å². The lowest BCUT2D eigenvalue weighted by Gasteiger charge is -2.37. The van der Waals surface area contributed by atoms with Crippen molar-refractivity contribution in [2.24, 2.45) is 0 Å². The van der Waals surface area contributed by atoms with Crippen LogP contribution < -0.4 is 4.90 Å². The molecular weight excluding hydrogens is 322 g/mol. The van der Waals surface area contributed by atoms with Crippen molar-refractivity contribution in [1.82, 2.24) is 9.88 Å². The Morgan fingerprint density at radius 2 is 1.95 bits per heavy atom. The number of hydrogen-bond acceptors (Lipinski definition) is 4. The Balaban J connectivity index is 1.93. The van der Waals surface area contributed by atoms with Crippen LogP contribution in [0.2, 0.25) is 0 Å². The number of amides is 1. The number of ether oxygens (including phenoxy) is 1. The van der Waals surface area contributed by atoms with Crippen molar-refractivity contribution in [1.29, 1.82) is 0 Å². The molecule has 1 aromatic heterocycles. The number of piperazine rings is 1.